The Morgan fingerprint density at radius 1 is 1.37 bits per heavy atom. The number of rotatable bonds is 1. The number of benzene rings is 1. The predicted molar refractivity (Wildman–Crippen MR) is 77.7 cm³/mol. The summed E-state index contributed by atoms with van der Waals surface area (Å²) in [5.74, 6) is -0.298. The van der Waals surface area contributed by atoms with Crippen LogP contribution in [0, 0.1) is 0 Å². The number of esters is 1. The van der Waals surface area contributed by atoms with E-state index in [0.717, 1.165) is 10.0 Å². The van der Waals surface area contributed by atoms with E-state index in [1.807, 2.05) is 31.2 Å². The third kappa shape index (κ3) is 1.84. The highest BCUT2D eigenvalue weighted by Gasteiger charge is 2.59. The molecule has 4 rings (SSSR count). The summed E-state index contributed by atoms with van der Waals surface area (Å²) in [6.45, 7) is 3.62. The smallest absolute Gasteiger partial charge is 0.335 e. The van der Waals surface area contributed by atoms with E-state index < -0.39 is 11.1 Å². The molecule has 5 heteroatoms. The molecular weight excluding hydrogens is 330 g/mol. The lowest BCUT2D eigenvalue weighted by molar-refractivity contribution is -0.170. The fourth-order valence-corrected chi connectivity index (χ4v) is 3.35. The SMILES string of the molecule is C[C@]12C[C@H](c3ccc(Br)cc3)[C@](C)(N=C1Cl)C(=O)O2. The highest BCUT2D eigenvalue weighted by molar-refractivity contribution is 9.10. The summed E-state index contributed by atoms with van der Waals surface area (Å²) in [5.41, 5.74) is -0.613. The van der Waals surface area contributed by atoms with Crippen molar-refractivity contribution in [1.82, 2.24) is 0 Å². The zero-order valence-corrected chi connectivity index (χ0v) is 13.0. The Morgan fingerprint density at radius 2 is 2.00 bits per heavy atom. The zero-order chi connectivity index (χ0) is 13.8. The average Bonchev–Trinajstić information content (AvgIpc) is 2.34. The third-order valence-corrected chi connectivity index (χ3v) is 5.06. The average molecular weight is 343 g/mol. The van der Waals surface area contributed by atoms with E-state index >= 15 is 0 Å². The van der Waals surface area contributed by atoms with Crippen molar-refractivity contribution in [3.8, 4) is 0 Å². The molecule has 3 heterocycles. The molecule has 3 aliphatic rings. The molecule has 0 unspecified atom stereocenters. The Balaban J connectivity index is 2.10. The molecule has 3 aliphatic heterocycles. The van der Waals surface area contributed by atoms with Gasteiger partial charge in [0.1, 0.15) is 5.17 Å². The summed E-state index contributed by atoms with van der Waals surface area (Å²) < 4.78 is 6.46. The van der Waals surface area contributed by atoms with Gasteiger partial charge in [-0.25, -0.2) is 4.79 Å². The first-order chi connectivity index (χ1) is 8.85. The van der Waals surface area contributed by atoms with Crippen molar-refractivity contribution >= 4 is 38.7 Å². The Bertz CT molecular complexity index is 586. The van der Waals surface area contributed by atoms with Gasteiger partial charge < -0.3 is 4.74 Å². The van der Waals surface area contributed by atoms with E-state index in [1.165, 1.54) is 0 Å². The van der Waals surface area contributed by atoms with E-state index in [0.29, 0.717) is 11.6 Å². The standard InChI is InChI=1S/C14H13BrClNO2/c1-13-7-10(8-3-5-9(15)6-4-8)14(2,12(18)19-13)17-11(13)16/h3-6,10H,7H2,1-2H3/t10-,13+,14+/m1/s1. The van der Waals surface area contributed by atoms with Gasteiger partial charge in [0, 0.05) is 16.8 Å². The van der Waals surface area contributed by atoms with Crippen molar-refractivity contribution in [2.45, 2.75) is 37.3 Å². The van der Waals surface area contributed by atoms with Crippen molar-refractivity contribution < 1.29 is 9.53 Å². The first kappa shape index (κ1) is 13.1. The van der Waals surface area contributed by atoms with Crippen molar-refractivity contribution in [2.24, 2.45) is 4.99 Å². The third-order valence-electron chi connectivity index (χ3n) is 4.04. The molecule has 0 amide bonds. The summed E-state index contributed by atoms with van der Waals surface area (Å²) in [5, 5.41) is 0.392. The molecule has 1 aromatic carbocycles. The van der Waals surface area contributed by atoms with Gasteiger partial charge in [-0.05, 0) is 31.5 Å². The van der Waals surface area contributed by atoms with E-state index in [1.54, 1.807) is 6.92 Å². The van der Waals surface area contributed by atoms with Gasteiger partial charge in [0.2, 0.25) is 0 Å². The molecule has 0 saturated carbocycles. The molecule has 0 aromatic heterocycles. The van der Waals surface area contributed by atoms with Crippen LogP contribution in [0.15, 0.2) is 33.7 Å². The number of nitrogens with zero attached hydrogens (tertiary/aromatic N) is 1. The van der Waals surface area contributed by atoms with Crippen LogP contribution >= 0.6 is 27.5 Å². The minimum Gasteiger partial charge on any atom is -0.450 e. The Kier molecular flexibility index (Phi) is 2.81. The van der Waals surface area contributed by atoms with Crippen LogP contribution in [-0.2, 0) is 9.53 Å². The molecule has 1 aromatic rings. The summed E-state index contributed by atoms with van der Waals surface area (Å²) in [6, 6.07) is 7.97. The van der Waals surface area contributed by atoms with Crippen LogP contribution in [-0.4, -0.2) is 22.3 Å². The Morgan fingerprint density at radius 3 is 2.63 bits per heavy atom. The first-order valence-electron chi connectivity index (χ1n) is 6.10. The maximum absolute atomic E-state index is 12.2. The molecule has 3 nitrogen and oxygen atoms in total. The van der Waals surface area contributed by atoms with Crippen LogP contribution in [0.4, 0.5) is 0 Å². The number of carbonyl (C=O) groups excluding carboxylic acids is 1. The molecule has 0 aliphatic carbocycles. The second kappa shape index (κ2) is 4.06. The van der Waals surface area contributed by atoms with E-state index in [-0.39, 0.29) is 11.9 Å². The Labute approximate surface area is 125 Å². The number of carbonyl (C=O) groups is 1. The number of fused-ring (bicyclic) bond motifs is 2. The molecular formula is C14H13BrClNO2. The maximum Gasteiger partial charge on any atom is 0.335 e. The molecule has 0 spiro atoms. The molecule has 19 heavy (non-hydrogen) atoms. The van der Waals surface area contributed by atoms with E-state index in [9.17, 15) is 4.79 Å². The maximum atomic E-state index is 12.2. The van der Waals surface area contributed by atoms with Crippen LogP contribution < -0.4 is 0 Å². The first-order valence-corrected chi connectivity index (χ1v) is 7.27. The summed E-state index contributed by atoms with van der Waals surface area (Å²) in [7, 11) is 0. The fourth-order valence-electron chi connectivity index (χ4n) is 2.79. The molecule has 0 radical (unpaired) electrons. The predicted octanol–water partition coefficient (Wildman–Crippen LogP) is 3.65. The lowest BCUT2D eigenvalue weighted by atomic mass is 9.70. The van der Waals surface area contributed by atoms with Gasteiger partial charge in [0.25, 0.3) is 0 Å². The van der Waals surface area contributed by atoms with Crippen molar-refractivity contribution in [3.05, 3.63) is 34.3 Å². The van der Waals surface area contributed by atoms with Gasteiger partial charge in [-0.15, -0.1) is 0 Å². The van der Waals surface area contributed by atoms with Crippen molar-refractivity contribution in [1.29, 1.82) is 0 Å². The van der Waals surface area contributed by atoms with Gasteiger partial charge in [-0.3, -0.25) is 4.99 Å². The second-order valence-corrected chi connectivity index (χ2v) is 6.75. The number of halogens is 2. The van der Waals surface area contributed by atoms with Crippen molar-refractivity contribution in [2.75, 3.05) is 0 Å². The second-order valence-electron chi connectivity index (χ2n) is 5.48. The zero-order valence-electron chi connectivity index (χ0n) is 10.6. The normalized spacial score (nSPS) is 36.9. The largest absolute Gasteiger partial charge is 0.450 e. The minimum atomic E-state index is -0.914. The van der Waals surface area contributed by atoms with Gasteiger partial charge in [0.15, 0.2) is 11.1 Å². The number of ether oxygens (including phenoxy) is 1. The monoisotopic (exact) mass is 341 g/mol. The molecule has 0 N–H and O–H groups in total. The van der Waals surface area contributed by atoms with Crippen LogP contribution in [0.3, 0.4) is 0 Å². The molecule has 3 atom stereocenters. The number of aliphatic imine (C=N–C) groups is 1. The van der Waals surface area contributed by atoms with Crippen molar-refractivity contribution in [3.63, 3.8) is 0 Å². The highest BCUT2D eigenvalue weighted by atomic mass is 79.9. The summed E-state index contributed by atoms with van der Waals surface area (Å²) in [6.07, 6.45) is 0.666. The molecule has 1 fully saturated rings. The van der Waals surface area contributed by atoms with Crippen LogP contribution in [0.5, 0.6) is 0 Å². The number of hydrogen-bond acceptors (Lipinski definition) is 3. The number of hydrogen-bond donors (Lipinski definition) is 0. The lowest BCUT2D eigenvalue weighted by Gasteiger charge is -2.49. The van der Waals surface area contributed by atoms with Gasteiger partial charge in [0.05, 0.1) is 0 Å². The quantitative estimate of drug-likeness (QED) is 0.731. The molecule has 1 saturated heterocycles. The molecule has 2 bridgehead atoms. The molecule has 100 valence electrons. The summed E-state index contributed by atoms with van der Waals surface area (Å²) >= 11 is 9.57. The van der Waals surface area contributed by atoms with Crippen LogP contribution in [0.2, 0.25) is 0 Å². The van der Waals surface area contributed by atoms with Gasteiger partial charge in [-0.1, -0.05) is 39.7 Å². The minimum absolute atomic E-state index is 0.00523. The Hall–Kier alpha value is -0.870. The van der Waals surface area contributed by atoms with E-state index in [4.69, 9.17) is 16.3 Å². The topological polar surface area (TPSA) is 38.7 Å². The highest BCUT2D eigenvalue weighted by Crippen LogP contribution is 2.50. The summed E-state index contributed by atoms with van der Waals surface area (Å²) in [4.78, 5) is 16.6. The van der Waals surface area contributed by atoms with Crippen LogP contribution in [0.25, 0.3) is 0 Å². The van der Waals surface area contributed by atoms with Gasteiger partial charge >= 0.3 is 5.97 Å². The fraction of sp³-hybridized carbons (Fsp3) is 0.429. The van der Waals surface area contributed by atoms with Crippen LogP contribution in [0.1, 0.15) is 31.7 Å². The van der Waals surface area contributed by atoms with E-state index in [2.05, 4.69) is 20.9 Å². The lowest BCUT2D eigenvalue weighted by Crippen LogP contribution is -2.60. The van der Waals surface area contributed by atoms with Gasteiger partial charge in [-0.2, -0.15) is 0 Å².